The molecule has 1 aliphatic heterocycles. The third-order valence-electron chi connectivity index (χ3n) is 4.45. The number of carbonyl (C=O) groups is 1. The van der Waals surface area contributed by atoms with Crippen molar-refractivity contribution >= 4 is 17.7 Å². The van der Waals surface area contributed by atoms with Crippen LogP contribution >= 0.6 is 11.8 Å². The molecular formula is C19H20N6O3S. The summed E-state index contributed by atoms with van der Waals surface area (Å²) in [5, 5.41) is 8.67. The molecule has 10 heteroatoms. The van der Waals surface area contributed by atoms with E-state index >= 15 is 0 Å². The van der Waals surface area contributed by atoms with E-state index in [1.807, 2.05) is 31.2 Å². The lowest BCUT2D eigenvalue weighted by molar-refractivity contribution is -0.128. The molecule has 1 aromatic carbocycles. The van der Waals surface area contributed by atoms with Crippen molar-refractivity contribution in [3.8, 4) is 22.9 Å². The van der Waals surface area contributed by atoms with Gasteiger partial charge < -0.3 is 20.2 Å². The van der Waals surface area contributed by atoms with Gasteiger partial charge in [-0.2, -0.15) is 0 Å². The van der Waals surface area contributed by atoms with E-state index in [0.29, 0.717) is 29.8 Å². The van der Waals surface area contributed by atoms with Gasteiger partial charge in [0, 0.05) is 31.0 Å². The molecule has 1 aliphatic rings. The van der Waals surface area contributed by atoms with Crippen molar-refractivity contribution in [3.63, 3.8) is 0 Å². The van der Waals surface area contributed by atoms with Gasteiger partial charge in [0.15, 0.2) is 17.3 Å². The van der Waals surface area contributed by atoms with Crippen molar-refractivity contribution in [1.29, 1.82) is 0 Å². The average molecular weight is 412 g/mol. The topological polar surface area (TPSA) is 108 Å². The fourth-order valence-corrected chi connectivity index (χ4v) is 3.68. The largest absolute Gasteiger partial charge is 0.454 e. The Morgan fingerprint density at radius 1 is 1.28 bits per heavy atom. The fourth-order valence-electron chi connectivity index (χ4n) is 2.92. The first-order valence-electron chi connectivity index (χ1n) is 9.05. The number of hydrogen-bond acceptors (Lipinski definition) is 8. The molecule has 3 aromatic rings. The summed E-state index contributed by atoms with van der Waals surface area (Å²) in [6.07, 6.45) is 3.34. The van der Waals surface area contributed by atoms with Crippen molar-refractivity contribution in [3.05, 3.63) is 48.3 Å². The number of benzene rings is 1. The van der Waals surface area contributed by atoms with Gasteiger partial charge in [0.25, 0.3) is 0 Å². The monoisotopic (exact) mass is 412 g/mol. The quantitative estimate of drug-likeness (QED) is 0.463. The number of amides is 1. The summed E-state index contributed by atoms with van der Waals surface area (Å²) in [4.78, 5) is 18.5. The molecule has 0 spiro atoms. The number of aromatic nitrogens is 4. The average Bonchev–Trinajstić information content (AvgIpc) is 3.36. The molecule has 4 rings (SSSR count). The van der Waals surface area contributed by atoms with Crippen LogP contribution in [0.3, 0.4) is 0 Å². The molecule has 0 saturated heterocycles. The minimum absolute atomic E-state index is 0.0129. The molecule has 2 aromatic heterocycles. The second kappa shape index (κ2) is 8.39. The van der Waals surface area contributed by atoms with Crippen LogP contribution < -0.4 is 15.3 Å². The second-order valence-electron chi connectivity index (χ2n) is 6.30. The van der Waals surface area contributed by atoms with E-state index < -0.39 is 0 Å². The molecule has 0 radical (unpaired) electrons. The summed E-state index contributed by atoms with van der Waals surface area (Å²) in [5.41, 5.74) is 1.74. The minimum atomic E-state index is -0.0129. The number of carbonyl (C=O) groups excluding carboxylic acids is 1. The Balaban J connectivity index is 1.39. The summed E-state index contributed by atoms with van der Waals surface area (Å²) in [7, 11) is 0. The molecule has 1 amide bonds. The van der Waals surface area contributed by atoms with Crippen LogP contribution in [0.15, 0.2) is 47.9 Å². The van der Waals surface area contributed by atoms with Gasteiger partial charge >= 0.3 is 0 Å². The van der Waals surface area contributed by atoms with E-state index in [2.05, 4.69) is 15.2 Å². The zero-order valence-corrected chi connectivity index (χ0v) is 16.6. The second-order valence-corrected chi connectivity index (χ2v) is 7.24. The molecule has 0 unspecified atom stereocenters. The lowest BCUT2D eigenvalue weighted by Gasteiger charge is -2.21. The van der Waals surface area contributed by atoms with Crippen molar-refractivity contribution in [1.82, 2.24) is 24.8 Å². The molecule has 0 bridgehead atoms. The summed E-state index contributed by atoms with van der Waals surface area (Å²) < 4.78 is 12.1. The predicted octanol–water partition coefficient (Wildman–Crippen LogP) is 1.92. The maximum atomic E-state index is 12.7. The Kier molecular flexibility index (Phi) is 5.52. The lowest BCUT2D eigenvalue weighted by Crippen LogP contribution is -2.31. The van der Waals surface area contributed by atoms with Gasteiger partial charge in [-0.25, -0.2) is 4.68 Å². The van der Waals surface area contributed by atoms with Crippen LogP contribution in [-0.2, 0) is 11.3 Å². The van der Waals surface area contributed by atoms with E-state index in [4.69, 9.17) is 15.3 Å². The predicted molar refractivity (Wildman–Crippen MR) is 108 cm³/mol. The Morgan fingerprint density at radius 3 is 2.93 bits per heavy atom. The van der Waals surface area contributed by atoms with Gasteiger partial charge in [-0.05, 0) is 36.8 Å². The number of rotatable bonds is 7. The Hall–Kier alpha value is -3.27. The standard InChI is InChI=1S/C19H20N6O3S/c1-2-24(10-13-5-6-15-16(8-13)28-12-27-15)17(26)11-29-19-23-22-18(25(19)20)14-4-3-7-21-9-14/h3-9H,2,10-12,20H2,1H3. The summed E-state index contributed by atoms with van der Waals surface area (Å²) in [5.74, 6) is 8.23. The summed E-state index contributed by atoms with van der Waals surface area (Å²) >= 11 is 1.25. The van der Waals surface area contributed by atoms with Gasteiger partial charge in [-0.15, -0.1) is 10.2 Å². The molecule has 0 atom stereocenters. The highest BCUT2D eigenvalue weighted by Crippen LogP contribution is 2.33. The highest BCUT2D eigenvalue weighted by molar-refractivity contribution is 7.99. The van der Waals surface area contributed by atoms with Crippen LogP contribution in [0.25, 0.3) is 11.4 Å². The van der Waals surface area contributed by atoms with Crippen molar-refractivity contribution in [2.45, 2.75) is 18.6 Å². The fraction of sp³-hybridized carbons (Fsp3) is 0.263. The number of ether oxygens (including phenoxy) is 2. The number of pyridine rings is 1. The highest BCUT2D eigenvalue weighted by Gasteiger charge is 2.19. The van der Waals surface area contributed by atoms with Gasteiger partial charge in [-0.3, -0.25) is 9.78 Å². The molecule has 2 N–H and O–H groups in total. The smallest absolute Gasteiger partial charge is 0.233 e. The third-order valence-corrected chi connectivity index (χ3v) is 5.38. The van der Waals surface area contributed by atoms with Crippen molar-refractivity contribution in [2.75, 3.05) is 24.9 Å². The van der Waals surface area contributed by atoms with E-state index in [-0.39, 0.29) is 18.5 Å². The highest BCUT2D eigenvalue weighted by atomic mass is 32.2. The zero-order chi connectivity index (χ0) is 20.2. The minimum Gasteiger partial charge on any atom is -0.454 e. The normalized spacial score (nSPS) is 12.2. The Bertz CT molecular complexity index is 1010. The number of thioether (sulfide) groups is 1. The number of nitrogens with zero attached hydrogens (tertiary/aromatic N) is 5. The van der Waals surface area contributed by atoms with E-state index in [9.17, 15) is 4.79 Å². The third kappa shape index (κ3) is 4.11. The number of nitrogens with two attached hydrogens (primary N) is 1. The number of hydrogen-bond donors (Lipinski definition) is 1. The summed E-state index contributed by atoms with van der Waals surface area (Å²) in [6, 6.07) is 9.36. The Morgan fingerprint density at radius 2 is 2.14 bits per heavy atom. The molecule has 0 fully saturated rings. The van der Waals surface area contributed by atoms with Crippen molar-refractivity contribution < 1.29 is 14.3 Å². The van der Waals surface area contributed by atoms with Gasteiger partial charge in [0.05, 0.1) is 5.75 Å². The van der Waals surface area contributed by atoms with Gasteiger partial charge in [-0.1, -0.05) is 17.8 Å². The van der Waals surface area contributed by atoms with Crippen LogP contribution in [0, 0.1) is 0 Å². The molecule has 0 saturated carbocycles. The first-order chi connectivity index (χ1) is 14.2. The lowest BCUT2D eigenvalue weighted by atomic mass is 10.2. The zero-order valence-electron chi connectivity index (χ0n) is 15.8. The summed E-state index contributed by atoms with van der Waals surface area (Å²) in [6.45, 7) is 3.25. The van der Waals surface area contributed by atoms with Crippen LogP contribution in [-0.4, -0.2) is 49.8 Å². The van der Waals surface area contributed by atoms with Crippen LogP contribution in [0.4, 0.5) is 0 Å². The number of nitrogen functional groups attached to an aromatic ring is 1. The van der Waals surface area contributed by atoms with Gasteiger partial charge in [0.2, 0.25) is 17.9 Å². The number of fused-ring (bicyclic) bond motifs is 1. The van der Waals surface area contributed by atoms with Gasteiger partial charge in [0.1, 0.15) is 0 Å². The van der Waals surface area contributed by atoms with Crippen LogP contribution in [0.1, 0.15) is 12.5 Å². The molecule has 3 heterocycles. The van der Waals surface area contributed by atoms with Crippen molar-refractivity contribution in [2.24, 2.45) is 0 Å². The van der Waals surface area contributed by atoms with Crippen LogP contribution in [0.5, 0.6) is 11.5 Å². The van der Waals surface area contributed by atoms with E-state index in [1.165, 1.54) is 16.4 Å². The first-order valence-corrected chi connectivity index (χ1v) is 10.0. The molecule has 0 aliphatic carbocycles. The maximum absolute atomic E-state index is 12.7. The maximum Gasteiger partial charge on any atom is 0.233 e. The SMILES string of the molecule is CCN(Cc1ccc2c(c1)OCO2)C(=O)CSc1nnc(-c2cccnc2)n1N. The van der Waals surface area contributed by atoms with E-state index in [0.717, 1.165) is 16.9 Å². The first kappa shape index (κ1) is 19.1. The molecule has 29 heavy (non-hydrogen) atoms. The van der Waals surface area contributed by atoms with Crippen LogP contribution in [0.2, 0.25) is 0 Å². The molecule has 9 nitrogen and oxygen atoms in total. The Labute approximate surface area is 171 Å². The molecular weight excluding hydrogens is 392 g/mol. The van der Waals surface area contributed by atoms with E-state index in [1.54, 1.807) is 23.4 Å². The molecule has 150 valence electrons.